The third-order valence-electron chi connectivity index (χ3n) is 4.45. The number of hydrogen-bond donors (Lipinski definition) is 1. The van der Waals surface area contributed by atoms with Crippen LogP contribution in [-0.2, 0) is 11.3 Å². The highest BCUT2D eigenvalue weighted by molar-refractivity contribution is 5.79. The molecule has 1 aromatic carbocycles. The van der Waals surface area contributed by atoms with Gasteiger partial charge in [-0.2, -0.15) is 0 Å². The Hall–Kier alpha value is -1.79. The molecule has 0 bridgehead atoms. The minimum Gasteiger partial charge on any atom is -0.493 e. The van der Waals surface area contributed by atoms with Crippen molar-refractivity contribution in [3.8, 4) is 11.5 Å². The number of aliphatic hydroxyl groups excluding tert-OH is 1. The van der Waals surface area contributed by atoms with Crippen LogP contribution in [0.5, 0.6) is 11.5 Å². The molecular weight excluding hydrogens is 308 g/mol. The van der Waals surface area contributed by atoms with E-state index in [4.69, 9.17) is 9.47 Å². The van der Waals surface area contributed by atoms with E-state index in [2.05, 4.69) is 4.90 Å². The SMILES string of the molecule is CCOc1c(CN(C)C(=O)[C@@H]2CN(C)CC[C@H]2O)cccc1OC. The van der Waals surface area contributed by atoms with Gasteiger partial charge in [-0.05, 0) is 26.5 Å². The molecule has 2 atom stereocenters. The monoisotopic (exact) mass is 336 g/mol. The standard InChI is InChI=1S/C18H28N2O4/c1-5-24-17-13(7-6-8-16(17)23-4)11-20(3)18(22)14-12-19(2)10-9-15(14)21/h6-8,14-15,21H,5,9-12H2,1-4H3/t14-,15-/m1/s1. The zero-order valence-corrected chi connectivity index (χ0v) is 15.0. The second kappa shape index (κ2) is 8.35. The van der Waals surface area contributed by atoms with E-state index in [0.717, 1.165) is 12.1 Å². The van der Waals surface area contributed by atoms with Crippen LogP contribution in [-0.4, -0.2) is 67.8 Å². The predicted octanol–water partition coefficient (Wildman–Crippen LogP) is 1.36. The molecule has 1 aliphatic rings. The number of carbonyl (C=O) groups is 1. The minimum atomic E-state index is -0.576. The number of aliphatic hydroxyl groups is 1. The molecule has 0 unspecified atom stereocenters. The number of nitrogens with zero attached hydrogens (tertiary/aromatic N) is 2. The van der Waals surface area contributed by atoms with Gasteiger partial charge < -0.3 is 24.4 Å². The van der Waals surface area contributed by atoms with E-state index < -0.39 is 6.10 Å². The van der Waals surface area contributed by atoms with Crippen molar-refractivity contribution in [2.45, 2.75) is 26.0 Å². The highest BCUT2D eigenvalue weighted by atomic mass is 16.5. The topological polar surface area (TPSA) is 62.2 Å². The number of hydrogen-bond acceptors (Lipinski definition) is 5. The van der Waals surface area contributed by atoms with E-state index in [1.165, 1.54) is 0 Å². The first-order valence-corrected chi connectivity index (χ1v) is 8.38. The van der Waals surface area contributed by atoms with E-state index in [1.807, 2.05) is 32.2 Å². The molecule has 0 aliphatic carbocycles. The number of amides is 1. The molecule has 0 aromatic heterocycles. The lowest BCUT2D eigenvalue weighted by Gasteiger charge is -2.35. The highest BCUT2D eigenvalue weighted by Gasteiger charge is 2.33. The molecule has 6 heteroatoms. The van der Waals surface area contributed by atoms with Crippen LogP contribution in [0.3, 0.4) is 0 Å². The Balaban J connectivity index is 2.14. The van der Waals surface area contributed by atoms with Crippen molar-refractivity contribution < 1.29 is 19.4 Å². The Morgan fingerprint density at radius 3 is 2.88 bits per heavy atom. The van der Waals surface area contributed by atoms with Gasteiger partial charge in [-0.15, -0.1) is 0 Å². The largest absolute Gasteiger partial charge is 0.493 e. The van der Waals surface area contributed by atoms with Crippen LogP contribution in [0.4, 0.5) is 0 Å². The molecule has 24 heavy (non-hydrogen) atoms. The summed E-state index contributed by atoms with van der Waals surface area (Å²) in [5.41, 5.74) is 0.894. The van der Waals surface area contributed by atoms with Crippen LogP contribution in [0.15, 0.2) is 18.2 Å². The summed E-state index contributed by atoms with van der Waals surface area (Å²) in [6.07, 6.45) is 0.0530. The van der Waals surface area contributed by atoms with E-state index in [-0.39, 0.29) is 11.8 Å². The molecule has 1 saturated heterocycles. The Kier molecular flexibility index (Phi) is 6.45. The lowest BCUT2D eigenvalue weighted by Crippen LogP contribution is -2.48. The van der Waals surface area contributed by atoms with Gasteiger partial charge in [-0.25, -0.2) is 0 Å². The fourth-order valence-electron chi connectivity index (χ4n) is 3.12. The van der Waals surface area contributed by atoms with E-state index in [1.54, 1.807) is 19.1 Å². The molecule has 1 aliphatic heterocycles. The van der Waals surface area contributed by atoms with Crippen molar-refractivity contribution in [2.75, 3.05) is 40.9 Å². The Bertz CT molecular complexity index is 564. The fourth-order valence-corrected chi connectivity index (χ4v) is 3.12. The normalized spacial score (nSPS) is 21.4. The summed E-state index contributed by atoms with van der Waals surface area (Å²) in [5, 5.41) is 10.2. The van der Waals surface area contributed by atoms with Gasteiger partial charge in [0.15, 0.2) is 11.5 Å². The molecule has 1 aromatic rings. The maximum absolute atomic E-state index is 12.7. The van der Waals surface area contributed by atoms with Gasteiger partial charge in [0.05, 0.1) is 25.7 Å². The molecule has 1 heterocycles. The number of methoxy groups -OCH3 is 1. The zero-order chi connectivity index (χ0) is 17.7. The summed E-state index contributed by atoms with van der Waals surface area (Å²) < 4.78 is 11.1. The third-order valence-corrected chi connectivity index (χ3v) is 4.45. The number of likely N-dealkylation sites (tertiary alicyclic amines) is 1. The maximum atomic E-state index is 12.7. The number of benzene rings is 1. The number of ether oxygens (including phenoxy) is 2. The zero-order valence-electron chi connectivity index (χ0n) is 15.0. The van der Waals surface area contributed by atoms with Gasteiger partial charge in [-0.3, -0.25) is 4.79 Å². The summed E-state index contributed by atoms with van der Waals surface area (Å²) in [6.45, 7) is 4.26. The molecule has 0 radical (unpaired) electrons. The first-order valence-electron chi connectivity index (χ1n) is 8.38. The van der Waals surface area contributed by atoms with Gasteiger partial charge in [0.1, 0.15) is 0 Å². The molecule has 6 nitrogen and oxygen atoms in total. The molecule has 0 saturated carbocycles. The number of para-hydroxylation sites is 1. The van der Waals surface area contributed by atoms with Crippen LogP contribution in [0.2, 0.25) is 0 Å². The van der Waals surface area contributed by atoms with E-state index >= 15 is 0 Å². The van der Waals surface area contributed by atoms with Gasteiger partial charge in [0.25, 0.3) is 0 Å². The van der Waals surface area contributed by atoms with Gasteiger partial charge in [-0.1, -0.05) is 12.1 Å². The average molecular weight is 336 g/mol. The molecule has 0 spiro atoms. The van der Waals surface area contributed by atoms with Gasteiger partial charge in [0.2, 0.25) is 5.91 Å². The van der Waals surface area contributed by atoms with Crippen molar-refractivity contribution in [2.24, 2.45) is 5.92 Å². The number of carbonyl (C=O) groups excluding carboxylic acids is 1. The van der Waals surface area contributed by atoms with Crippen LogP contribution in [0.25, 0.3) is 0 Å². The predicted molar refractivity (Wildman–Crippen MR) is 92.2 cm³/mol. The van der Waals surface area contributed by atoms with Gasteiger partial charge in [0, 0.05) is 32.2 Å². The van der Waals surface area contributed by atoms with Crippen LogP contribution in [0, 0.1) is 5.92 Å². The average Bonchev–Trinajstić information content (AvgIpc) is 2.58. The summed E-state index contributed by atoms with van der Waals surface area (Å²) >= 11 is 0. The molecule has 1 N–H and O–H groups in total. The van der Waals surface area contributed by atoms with E-state index in [0.29, 0.717) is 37.6 Å². The van der Waals surface area contributed by atoms with Crippen molar-refractivity contribution in [3.05, 3.63) is 23.8 Å². The highest BCUT2D eigenvalue weighted by Crippen LogP contribution is 2.32. The minimum absolute atomic E-state index is 0.0423. The van der Waals surface area contributed by atoms with Crippen LogP contribution in [0.1, 0.15) is 18.9 Å². The molecule has 2 rings (SSSR count). The fraction of sp³-hybridized carbons (Fsp3) is 0.611. The third kappa shape index (κ3) is 4.19. The molecule has 1 amide bonds. The summed E-state index contributed by atoms with van der Waals surface area (Å²) in [7, 11) is 5.34. The second-order valence-corrected chi connectivity index (χ2v) is 6.30. The quantitative estimate of drug-likeness (QED) is 0.850. The smallest absolute Gasteiger partial charge is 0.229 e. The van der Waals surface area contributed by atoms with E-state index in [9.17, 15) is 9.90 Å². The van der Waals surface area contributed by atoms with Gasteiger partial charge >= 0.3 is 0 Å². The number of piperidine rings is 1. The summed E-state index contributed by atoms with van der Waals surface area (Å²) in [5.74, 6) is 0.908. The van der Waals surface area contributed by atoms with Crippen molar-refractivity contribution in [1.29, 1.82) is 0 Å². The molecule has 1 fully saturated rings. The van der Waals surface area contributed by atoms with Crippen molar-refractivity contribution >= 4 is 5.91 Å². The first-order chi connectivity index (χ1) is 11.5. The van der Waals surface area contributed by atoms with Crippen molar-refractivity contribution in [3.63, 3.8) is 0 Å². The Morgan fingerprint density at radius 2 is 2.21 bits per heavy atom. The number of rotatable bonds is 6. The maximum Gasteiger partial charge on any atom is 0.229 e. The lowest BCUT2D eigenvalue weighted by atomic mass is 9.93. The first kappa shape index (κ1) is 18.5. The Morgan fingerprint density at radius 1 is 1.46 bits per heavy atom. The molecular formula is C18H28N2O4. The Labute approximate surface area is 144 Å². The molecule has 134 valence electrons. The summed E-state index contributed by atoms with van der Waals surface area (Å²) in [6, 6.07) is 5.66. The second-order valence-electron chi connectivity index (χ2n) is 6.30. The van der Waals surface area contributed by atoms with Crippen LogP contribution < -0.4 is 9.47 Å². The van der Waals surface area contributed by atoms with Crippen molar-refractivity contribution in [1.82, 2.24) is 9.80 Å². The lowest BCUT2D eigenvalue weighted by molar-refractivity contribution is -0.141. The van der Waals surface area contributed by atoms with Crippen LogP contribution >= 0.6 is 0 Å². The summed E-state index contributed by atoms with van der Waals surface area (Å²) in [4.78, 5) is 16.5.